The van der Waals surface area contributed by atoms with Crippen LogP contribution in [0.1, 0.15) is 26.3 Å². The van der Waals surface area contributed by atoms with Gasteiger partial charge in [-0.15, -0.1) is 11.3 Å². The highest BCUT2D eigenvalue weighted by Gasteiger charge is 2.18. The first-order chi connectivity index (χ1) is 16.7. The largest absolute Gasteiger partial charge is 0.478 e. The van der Waals surface area contributed by atoms with Gasteiger partial charge in [0.1, 0.15) is 0 Å². The van der Waals surface area contributed by atoms with Crippen LogP contribution in [-0.2, 0) is 11.3 Å². The van der Waals surface area contributed by atoms with E-state index in [0.29, 0.717) is 27.4 Å². The lowest BCUT2D eigenvalue weighted by Gasteiger charge is -2.23. The topological polar surface area (TPSA) is 108 Å². The zero-order valence-corrected chi connectivity index (χ0v) is 20.1. The summed E-state index contributed by atoms with van der Waals surface area (Å²) in [6.07, 6.45) is 0. The molecule has 0 saturated carbocycles. The number of rotatable bonds is 8. The van der Waals surface area contributed by atoms with Gasteiger partial charge in [-0.25, -0.2) is 14.6 Å². The third kappa shape index (κ3) is 5.51. The van der Waals surface area contributed by atoms with Crippen molar-refractivity contribution in [2.24, 2.45) is 0 Å². The second-order valence-electron chi connectivity index (χ2n) is 7.41. The molecular formula is C25H16Cl2N2O5S. The Kier molecular flexibility index (Phi) is 7.16. The summed E-state index contributed by atoms with van der Waals surface area (Å²) < 4.78 is 0. The number of aliphatic carboxylic acids is 1. The highest BCUT2D eigenvalue weighted by atomic mass is 35.5. The summed E-state index contributed by atoms with van der Waals surface area (Å²) in [5.41, 5.74) is 3.25. The summed E-state index contributed by atoms with van der Waals surface area (Å²) in [6, 6.07) is 17.9. The van der Waals surface area contributed by atoms with Crippen LogP contribution < -0.4 is 4.90 Å². The molecule has 0 bridgehead atoms. The maximum atomic E-state index is 11.7. The van der Waals surface area contributed by atoms with Gasteiger partial charge in [-0.1, -0.05) is 59.6 Å². The minimum Gasteiger partial charge on any atom is -0.478 e. The highest BCUT2D eigenvalue weighted by Crippen LogP contribution is 2.36. The van der Waals surface area contributed by atoms with Crippen LogP contribution in [0.5, 0.6) is 0 Å². The third-order valence-electron chi connectivity index (χ3n) is 5.12. The quantitative estimate of drug-likeness (QED) is 0.201. The van der Waals surface area contributed by atoms with Gasteiger partial charge < -0.3 is 15.1 Å². The van der Waals surface area contributed by atoms with E-state index in [9.17, 15) is 14.4 Å². The molecule has 0 radical (unpaired) electrons. The molecule has 1 heterocycles. The van der Waals surface area contributed by atoms with E-state index in [0.717, 1.165) is 16.8 Å². The minimum absolute atomic E-state index is 0.0867. The Hall–Kier alpha value is -3.72. The number of thiazole rings is 1. The van der Waals surface area contributed by atoms with Gasteiger partial charge in [0.15, 0.2) is 5.13 Å². The van der Waals surface area contributed by atoms with Crippen LogP contribution in [0, 0.1) is 0 Å². The van der Waals surface area contributed by atoms with Gasteiger partial charge in [0.25, 0.3) is 5.78 Å². The first kappa shape index (κ1) is 24.4. The Morgan fingerprint density at radius 2 is 1.51 bits per heavy atom. The second kappa shape index (κ2) is 10.3. The smallest absolute Gasteiger partial charge is 0.377 e. The molecule has 0 amide bonds. The number of aromatic carboxylic acids is 1. The molecule has 0 atom stereocenters. The van der Waals surface area contributed by atoms with Gasteiger partial charge in [-0.3, -0.25) is 4.79 Å². The first-order valence-corrected chi connectivity index (χ1v) is 11.7. The Balaban J connectivity index is 1.68. The summed E-state index contributed by atoms with van der Waals surface area (Å²) >= 11 is 13.7. The summed E-state index contributed by atoms with van der Waals surface area (Å²) in [5.74, 6) is -3.49. The summed E-state index contributed by atoms with van der Waals surface area (Å²) in [7, 11) is 0. The number of carboxylic acids is 2. The Morgan fingerprint density at radius 3 is 2.11 bits per heavy atom. The first-order valence-electron chi connectivity index (χ1n) is 10.1. The van der Waals surface area contributed by atoms with Gasteiger partial charge >= 0.3 is 11.9 Å². The average molecular weight is 527 g/mol. The maximum Gasteiger partial charge on any atom is 0.377 e. The van der Waals surface area contributed by atoms with E-state index in [1.165, 1.54) is 35.6 Å². The molecule has 4 aromatic rings. The van der Waals surface area contributed by atoms with E-state index in [1.807, 2.05) is 10.3 Å². The lowest BCUT2D eigenvalue weighted by molar-refractivity contribution is -0.131. The van der Waals surface area contributed by atoms with E-state index in [-0.39, 0.29) is 11.1 Å². The Bertz CT molecular complexity index is 1420. The standard InChI is InChI=1S/C25H16Cl2N2O5S/c26-19-10-9-18(11-20(19)27)29(12-14-1-3-16(4-2-14)22(30)24(33)34)25-28-21(13-35-25)15-5-7-17(8-6-15)23(31)32/h1-11,13H,12H2,(H,31,32)(H,33,34). The van der Waals surface area contributed by atoms with Gasteiger partial charge in [0.05, 0.1) is 27.8 Å². The molecule has 4 rings (SSSR count). The zero-order chi connectivity index (χ0) is 25.1. The number of anilines is 2. The maximum absolute atomic E-state index is 11.7. The molecule has 0 spiro atoms. The molecule has 0 aliphatic carbocycles. The normalized spacial score (nSPS) is 10.7. The molecule has 176 valence electrons. The number of nitrogens with zero attached hydrogens (tertiary/aromatic N) is 2. The molecule has 7 nitrogen and oxygen atoms in total. The summed E-state index contributed by atoms with van der Waals surface area (Å²) in [6.45, 7) is 0.352. The molecule has 0 aliphatic rings. The van der Waals surface area contributed by atoms with Crippen LogP contribution in [0.4, 0.5) is 10.8 Å². The van der Waals surface area contributed by atoms with Crippen molar-refractivity contribution in [3.8, 4) is 11.3 Å². The molecule has 0 fully saturated rings. The number of carboxylic acid groups (broad SMARTS) is 2. The van der Waals surface area contributed by atoms with Crippen molar-refractivity contribution in [2.45, 2.75) is 6.54 Å². The van der Waals surface area contributed by atoms with E-state index < -0.39 is 17.7 Å². The lowest BCUT2D eigenvalue weighted by Crippen LogP contribution is -2.17. The number of ketones is 1. The van der Waals surface area contributed by atoms with E-state index >= 15 is 0 Å². The molecule has 35 heavy (non-hydrogen) atoms. The Morgan fingerprint density at radius 1 is 0.857 bits per heavy atom. The van der Waals surface area contributed by atoms with Crippen molar-refractivity contribution in [3.63, 3.8) is 0 Å². The fraction of sp³-hybridized carbons (Fsp3) is 0.0400. The predicted molar refractivity (Wildman–Crippen MR) is 135 cm³/mol. The zero-order valence-electron chi connectivity index (χ0n) is 17.8. The van der Waals surface area contributed by atoms with Crippen LogP contribution >= 0.6 is 34.5 Å². The van der Waals surface area contributed by atoms with Crippen molar-refractivity contribution in [1.29, 1.82) is 0 Å². The molecule has 0 aliphatic heterocycles. The fourth-order valence-electron chi connectivity index (χ4n) is 3.29. The lowest BCUT2D eigenvalue weighted by atomic mass is 10.1. The van der Waals surface area contributed by atoms with Crippen molar-refractivity contribution >= 4 is 63.1 Å². The number of halogens is 2. The average Bonchev–Trinajstić information content (AvgIpc) is 3.34. The van der Waals surface area contributed by atoms with Crippen LogP contribution in [-0.4, -0.2) is 32.9 Å². The number of hydrogen-bond donors (Lipinski definition) is 2. The summed E-state index contributed by atoms with van der Waals surface area (Å²) in [5, 5.41) is 21.3. The number of hydrogen-bond acceptors (Lipinski definition) is 6. The number of carbonyl (C=O) groups is 3. The molecule has 1 aromatic heterocycles. The molecule has 3 aromatic carbocycles. The minimum atomic E-state index is -1.51. The monoisotopic (exact) mass is 526 g/mol. The number of aromatic nitrogens is 1. The van der Waals surface area contributed by atoms with E-state index in [2.05, 4.69) is 0 Å². The van der Waals surface area contributed by atoms with Crippen LogP contribution in [0.2, 0.25) is 10.0 Å². The summed E-state index contributed by atoms with van der Waals surface area (Å²) in [4.78, 5) is 40.4. The highest BCUT2D eigenvalue weighted by molar-refractivity contribution is 7.14. The SMILES string of the molecule is O=C(O)C(=O)c1ccc(CN(c2ccc(Cl)c(Cl)c2)c2nc(-c3ccc(C(=O)O)cc3)cs2)cc1. The molecule has 10 heteroatoms. The van der Waals surface area contributed by atoms with Crippen molar-refractivity contribution < 1.29 is 24.6 Å². The van der Waals surface area contributed by atoms with Gasteiger partial charge in [0, 0.05) is 22.2 Å². The van der Waals surface area contributed by atoms with Crippen molar-refractivity contribution in [3.05, 3.63) is 98.8 Å². The predicted octanol–water partition coefficient (Wildman–Crippen LogP) is 6.42. The molecule has 0 unspecified atom stereocenters. The van der Waals surface area contributed by atoms with E-state index in [4.69, 9.17) is 38.4 Å². The molecule has 2 N–H and O–H groups in total. The van der Waals surface area contributed by atoms with Gasteiger partial charge in [0.2, 0.25) is 0 Å². The van der Waals surface area contributed by atoms with Crippen molar-refractivity contribution in [1.82, 2.24) is 4.98 Å². The van der Waals surface area contributed by atoms with Crippen LogP contribution in [0.25, 0.3) is 11.3 Å². The molecule has 0 saturated heterocycles. The van der Waals surface area contributed by atoms with Crippen LogP contribution in [0.15, 0.2) is 72.1 Å². The van der Waals surface area contributed by atoms with E-state index in [1.54, 1.807) is 42.5 Å². The third-order valence-corrected chi connectivity index (χ3v) is 6.72. The Labute approximate surface area is 213 Å². The van der Waals surface area contributed by atoms with Gasteiger partial charge in [-0.2, -0.15) is 0 Å². The van der Waals surface area contributed by atoms with Crippen LogP contribution in [0.3, 0.4) is 0 Å². The fourth-order valence-corrected chi connectivity index (χ4v) is 4.44. The molecular weight excluding hydrogens is 511 g/mol. The number of carbonyl (C=O) groups excluding carboxylic acids is 1. The number of Topliss-reactive ketones (excluding diaryl/α,β-unsaturated/α-hetero) is 1. The second-order valence-corrected chi connectivity index (χ2v) is 9.06. The van der Waals surface area contributed by atoms with Crippen molar-refractivity contribution in [2.75, 3.05) is 4.90 Å². The number of benzene rings is 3. The van der Waals surface area contributed by atoms with Gasteiger partial charge in [-0.05, 0) is 35.9 Å².